The highest BCUT2D eigenvalue weighted by atomic mass is 16.5. The molecule has 0 spiro atoms. The highest BCUT2D eigenvalue weighted by molar-refractivity contribution is 5.94. The third-order valence-corrected chi connectivity index (χ3v) is 5.59. The predicted octanol–water partition coefficient (Wildman–Crippen LogP) is 3.11. The Labute approximate surface area is 147 Å². The Hall–Kier alpha value is -2.21. The lowest BCUT2D eigenvalue weighted by Crippen LogP contribution is -2.40. The van der Waals surface area contributed by atoms with Gasteiger partial charge in [0.15, 0.2) is 5.82 Å². The Morgan fingerprint density at radius 1 is 1.20 bits per heavy atom. The summed E-state index contributed by atoms with van der Waals surface area (Å²) in [4.78, 5) is 18.9. The van der Waals surface area contributed by atoms with E-state index >= 15 is 0 Å². The Balaban J connectivity index is 1.48. The van der Waals surface area contributed by atoms with E-state index in [4.69, 9.17) is 9.26 Å². The Bertz CT molecular complexity index is 758. The zero-order valence-electron chi connectivity index (χ0n) is 14.7. The molecule has 1 aliphatic carbocycles. The molecule has 1 aromatic heterocycles. The molecule has 6 heteroatoms. The molecule has 6 nitrogen and oxygen atoms in total. The lowest BCUT2D eigenvalue weighted by atomic mass is 9.92. The number of hydrogen-bond acceptors (Lipinski definition) is 5. The van der Waals surface area contributed by atoms with E-state index < -0.39 is 0 Å². The van der Waals surface area contributed by atoms with Crippen LogP contribution in [-0.2, 0) is 4.74 Å². The van der Waals surface area contributed by atoms with Crippen LogP contribution in [-0.4, -0.2) is 47.3 Å². The monoisotopic (exact) mass is 341 g/mol. The van der Waals surface area contributed by atoms with Gasteiger partial charge in [0.2, 0.25) is 0 Å². The highest BCUT2D eigenvalue weighted by Gasteiger charge is 2.45. The first-order valence-electron chi connectivity index (χ1n) is 8.88. The van der Waals surface area contributed by atoms with Crippen LogP contribution in [0.3, 0.4) is 0 Å². The van der Waals surface area contributed by atoms with Crippen molar-refractivity contribution in [3.63, 3.8) is 0 Å². The summed E-state index contributed by atoms with van der Waals surface area (Å²) in [6.07, 6.45) is 2.44. The van der Waals surface area contributed by atoms with Gasteiger partial charge in [-0.05, 0) is 42.5 Å². The third-order valence-electron chi connectivity index (χ3n) is 5.59. The molecule has 4 rings (SSSR count). The number of rotatable bonds is 4. The minimum Gasteiger partial charge on any atom is -0.378 e. The molecule has 2 fully saturated rings. The second-order valence-electron chi connectivity index (χ2n) is 7.32. The maximum absolute atomic E-state index is 12.5. The van der Waals surface area contributed by atoms with Crippen molar-refractivity contribution in [1.29, 1.82) is 0 Å². The minimum atomic E-state index is 0.0383. The molecule has 1 saturated carbocycles. The van der Waals surface area contributed by atoms with Crippen molar-refractivity contribution < 1.29 is 14.1 Å². The molecule has 2 aromatic rings. The molecule has 25 heavy (non-hydrogen) atoms. The van der Waals surface area contributed by atoms with Crippen LogP contribution >= 0.6 is 0 Å². The predicted molar refractivity (Wildman–Crippen MR) is 92.2 cm³/mol. The molecule has 0 bridgehead atoms. The normalized spacial score (nSPS) is 20.3. The van der Waals surface area contributed by atoms with E-state index in [1.807, 2.05) is 29.2 Å². The van der Waals surface area contributed by atoms with Gasteiger partial charge < -0.3 is 14.2 Å². The number of carbonyl (C=O) groups excluding carboxylic acids is 1. The van der Waals surface area contributed by atoms with E-state index in [2.05, 4.69) is 24.0 Å². The van der Waals surface area contributed by atoms with Gasteiger partial charge in [0.1, 0.15) is 0 Å². The molecule has 1 aliphatic heterocycles. The average Bonchev–Trinajstić information content (AvgIpc) is 3.22. The van der Waals surface area contributed by atoms with Crippen LogP contribution in [0.4, 0.5) is 0 Å². The van der Waals surface area contributed by atoms with E-state index in [1.54, 1.807) is 0 Å². The summed E-state index contributed by atoms with van der Waals surface area (Å²) in [7, 11) is 0. The second kappa shape index (κ2) is 6.26. The number of aromatic nitrogens is 2. The number of ether oxygens (including phenoxy) is 1. The quantitative estimate of drug-likeness (QED) is 0.855. The molecule has 0 N–H and O–H groups in total. The van der Waals surface area contributed by atoms with Gasteiger partial charge in [-0.3, -0.25) is 4.79 Å². The fraction of sp³-hybridized carbons (Fsp3) is 0.526. The maximum atomic E-state index is 12.5. The van der Waals surface area contributed by atoms with Crippen molar-refractivity contribution in [2.24, 2.45) is 5.41 Å². The van der Waals surface area contributed by atoms with Crippen molar-refractivity contribution in [3.8, 4) is 11.5 Å². The molecule has 1 atom stereocenters. The van der Waals surface area contributed by atoms with E-state index in [9.17, 15) is 4.79 Å². The molecule has 1 amide bonds. The van der Waals surface area contributed by atoms with E-state index in [1.165, 1.54) is 12.8 Å². The van der Waals surface area contributed by atoms with Crippen molar-refractivity contribution in [3.05, 3.63) is 35.7 Å². The third kappa shape index (κ3) is 3.18. The number of carbonyl (C=O) groups is 1. The lowest BCUT2D eigenvalue weighted by molar-refractivity contribution is 0.0303. The van der Waals surface area contributed by atoms with E-state index in [0.717, 1.165) is 11.4 Å². The fourth-order valence-electron chi connectivity index (χ4n) is 3.17. The van der Waals surface area contributed by atoms with Crippen LogP contribution < -0.4 is 0 Å². The van der Waals surface area contributed by atoms with Crippen LogP contribution in [0.1, 0.15) is 48.8 Å². The summed E-state index contributed by atoms with van der Waals surface area (Å²) < 4.78 is 10.7. The number of nitrogens with zero attached hydrogens (tertiary/aromatic N) is 3. The van der Waals surface area contributed by atoms with Crippen LogP contribution in [0.5, 0.6) is 0 Å². The second-order valence-corrected chi connectivity index (χ2v) is 7.32. The summed E-state index contributed by atoms with van der Waals surface area (Å²) in [5.41, 5.74) is 1.82. The molecule has 2 heterocycles. The number of benzene rings is 1. The summed E-state index contributed by atoms with van der Waals surface area (Å²) in [6.45, 7) is 6.91. The van der Waals surface area contributed by atoms with Crippen LogP contribution in [0, 0.1) is 5.41 Å². The smallest absolute Gasteiger partial charge is 0.257 e. The number of morpholine rings is 1. The summed E-state index contributed by atoms with van der Waals surface area (Å²) >= 11 is 0. The molecular weight excluding hydrogens is 318 g/mol. The van der Waals surface area contributed by atoms with E-state index in [0.29, 0.717) is 49.1 Å². The van der Waals surface area contributed by atoms with Gasteiger partial charge in [-0.25, -0.2) is 0 Å². The maximum Gasteiger partial charge on any atom is 0.257 e. The van der Waals surface area contributed by atoms with Crippen molar-refractivity contribution in [2.75, 3.05) is 26.3 Å². The zero-order valence-corrected chi connectivity index (χ0v) is 14.7. The summed E-state index contributed by atoms with van der Waals surface area (Å²) in [5.74, 6) is 1.61. The van der Waals surface area contributed by atoms with Crippen molar-refractivity contribution in [2.45, 2.75) is 32.6 Å². The van der Waals surface area contributed by atoms with Crippen LogP contribution in [0.2, 0.25) is 0 Å². The lowest BCUT2D eigenvalue weighted by Gasteiger charge is -2.26. The molecule has 0 radical (unpaired) electrons. The first kappa shape index (κ1) is 16.3. The van der Waals surface area contributed by atoms with Crippen LogP contribution in [0.25, 0.3) is 11.5 Å². The van der Waals surface area contributed by atoms with Crippen LogP contribution in [0.15, 0.2) is 28.8 Å². The zero-order chi connectivity index (χ0) is 17.4. The molecule has 2 aliphatic rings. The number of amides is 1. The van der Waals surface area contributed by atoms with Gasteiger partial charge >= 0.3 is 0 Å². The van der Waals surface area contributed by atoms with E-state index in [-0.39, 0.29) is 5.91 Å². The van der Waals surface area contributed by atoms with Crippen molar-refractivity contribution in [1.82, 2.24) is 15.0 Å². The fourth-order valence-corrected chi connectivity index (χ4v) is 3.17. The molecular formula is C19H23N3O3. The molecule has 1 unspecified atom stereocenters. The first-order valence-corrected chi connectivity index (χ1v) is 8.88. The Kier molecular flexibility index (Phi) is 4.07. The molecule has 132 valence electrons. The Morgan fingerprint density at radius 3 is 2.52 bits per heavy atom. The highest BCUT2D eigenvalue weighted by Crippen LogP contribution is 2.54. The van der Waals surface area contributed by atoms with Gasteiger partial charge in [0, 0.05) is 30.1 Å². The van der Waals surface area contributed by atoms with Gasteiger partial charge in [-0.15, -0.1) is 0 Å². The standard InChI is InChI=1S/C19H23N3O3/c1-13(19(2)7-8-19)16-20-17(25-21-16)14-3-5-15(6-4-14)18(23)22-9-11-24-12-10-22/h3-6,13H,7-12H2,1-2H3. The van der Waals surface area contributed by atoms with Gasteiger partial charge in [0.05, 0.1) is 13.2 Å². The van der Waals surface area contributed by atoms with Gasteiger partial charge in [-0.2, -0.15) is 4.98 Å². The summed E-state index contributed by atoms with van der Waals surface area (Å²) in [6, 6.07) is 7.38. The first-order chi connectivity index (χ1) is 12.1. The van der Waals surface area contributed by atoms with Gasteiger partial charge in [-0.1, -0.05) is 19.0 Å². The molecule has 1 saturated heterocycles. The average molecular weight is 341 g/mol. The number of hydrogen-bond donors (Lipinski definition) is 0. The Morgan fingerprint density at radius 2 is 1.88 bits per heavy atom. The topological polar surface area (TPSA) is 68.5 Å². The molecule has 1 aromatic carbocycles. The van der Waals surface area contributed by atoms with Gasteiger partial charge in [0.25, 0.3) is 11.8 Å². The minimum absolute atomic E-state index is 0.0383. The van der Waals surface area contributed by atoms with Crippen molar-refractivity contribution >= 4 is 5.91 Å². The largest absolute Gasteiger partial charge is 0.378 e. The summed E-state index contributed by atoms with van der Waals surface area (Å²) in [5, 5.41) is 4.15. The SMILES string of the molecule is CC(c1noc(-c2ccc(C(=O)N3CCOCC3)cc2)n1)C1(C)CC1.